The smallest absolute Gasteiger partial charge is 0.279 e. The molecule has 8 nitrogen and oxygen atoms in total. The van der Waals surface area contributed by atoms with Gasteiger partial charge in [-0.25, -0.2) is 4.68 Å². The first-order chi connectivity index (χ1) is 12.9. The van der Waals surface area contributed by atoms with Gasteiger partial charge in [-0.3, -0.25) is 9.89 Å². The molecule has 0 spiro atoms. The van der Waals surface area contributed by atoms with E-state index < -0.39 is 0 Å². The predicted octanol–water partition coefficient (Wildman–Crippen LogP) is 2.82. The Morgan fingerprint density at radius 2 is 2.07 bits per heavy atom. The fourth-order valence-electron chi connectivity index (χ4n) is 3.00. The largest absolute Gasteiger partial charge is 0.365 e. The molecule has 3 aromatic rings. The molecule has 0 aliphatic carbocycles. The van der Waals surface area contributed by atoms with Crippen molar-refractivity contribution in [3.8, 4) is 0 Å². The van der Waals surface area contributed by atoms with Crippen LogP contribution in [0.3, 0.4) is 0 Å². The first kappa shape index (κ1) is 17.4. The molecular weight excluding hydrogens is 344 g/mol. The topological polar surface area (TPSA) is 97.7 Å². The number of nitrogens with one attached hydrogen (secondary N) is 2. The van der Waals surface area contributed by atoms with Gasteiger partial charge in [0.05, 0.1) is 18.8 Å². The molecule has 3 heterocycles. The van der Waals surface area contributed by atoms with Crippen molar-refractivity contribution in [2.75, 3.05) is 5.32 Å². The lowest BCUT2D eigenvalue weighted by molar-refractivity contribution is -0.00171. The molecule has 1 amide bonds. The lowest BCUT2D eigenvalue weighted by Crippen LogP contribution is -2.24. The number of ether oxygens (including phenoxy) is 1. The number of H-pyrrole nitrogens is 1. The molecular formula is C19H22N6O2. The molecule has 8 heteroatoms. The number of aromatic amines is 1. The van der Waals surface area contributed by atoms with Gasteiger partial charge in [-0.05, 0) is 5.56 Å². The summed E-state index contributed by atoms with van der Waals surface area (Å²) in [5, 5.41) is 18.1. The molecule has 2 N–H and O–H groups in total. The summed E-state index contributed by atoms with van der Waals surface area (Å²) >= 11 is 0. The van der Waals surface area contributed by atoms with Gasteiger partial charge in [-0.15, -0.1) is 5.10 Å². The lowest BCUT2D eigenvalue weighted by Gasteiger charge is -2.24. The van der Waals surface area contributed by atoms with E-state index in [1.807, 2.05) is 36.4 Å². The van der Waals surface area contributed by atoms with Gasteiger partial charge in [0.1, 0.15) is 6.10 Å². The van der Waals surface area contributed by atoms with Crippen molar-refractivity contribution < 1.29 is 9.53 Å². The number of benzene rings is 1. The molecule has 1 aliphatic heterocycles. The van der Waals surface area contributed by atoms with E-state index in [-0.39, 0.29) is 29.7 Å². The highest BCUT2D eigenvalue weighted by Gasteiger charge is 2.28. The minimum absolute atomic E-state index is 0.0780. The zero-order valence-electron chi connectivity index (χ0n) is 15.6. The average molecular weight is 366 g/mol. The zero-order valence-corrected chi connectivity index (χ0v) is 15.6. The Morgan fingerprint density at radius 3 is 2.78 bits per heavy atom. The molecule has 1 aliphatic rings. The Labute approximate surface area is 156 Å². The van der Waals surface area contributed by atoms with E-state index in [1.165, 1.54) is 0 Å². The number of aromatic nitrogens is 5. The van der Waals surface area contributed by atoms with Crippen LogP contribution in [0.5, 0.6) is 0 Å². The van der Waals surface area contributed by atoms with Crippen molar-refractivity contribution in [2.45, 2.75) is 45.4 Å². The van der Waals surface area contributed by atoms with Gasteiger partial charge in [0, 0.05) is 17.2 Å². The molecule has 0 unspecified atom stereocenters. The Kier molecular flexibility index (Phi) is 4.27. The fourth-order valence-corrected chi connectivity index (χ4v) is 3.00. The number of anilines is 1. The summed E-state index contributed by atoms with van der Waals surface area (Å²) in [6, 6.07) is 11.8. The average Bonchev–Trinajstić information content (AvgIpc) is 3.28. The van der Waals surface area contributed by atoms with Crippen LogP contribution < -0.4 is 5.32 Å². The number of rotatable bonds is 3. The normalized spacial score (nSPS) is 16.8. The minimum atomic E-state index is -0.343. The van der Waals surface area contributed by atoms with Crippen LogP contribution in [0.4, 0.5) is 5.82 Å². The number of hydrogen-bond acceptors (Lipinski definition) is 5. The summed E-state index contributed by atoms with van der Waals surface area (Å²) in [6.45, 7) is 7.02. The Morgan fingerprint density at radius 1 is 1.30 bits per heavy atom. The maximum Gasteiger partial charge on any atom is 0.279 e. The summed E-state index contributed by atoms with van der Waals surface area (Å²) in [5.41, 5.74) is 2.88. The van der Waals surface area contributed by atoms with E-state index >= 15 is 0 Å². The summed E-state index contributed by atoms with van der Waals surface area (Å²) in [5.74, 6) is 0.121. The van der Waals surface area contributed by atoms with Gasteiger partial charge in [-0.2, -0.15) is 5.10 Å². The highest BCUT2D eigenvalue weighted by Crippen LogP contribution is 2.27. The van der Waals surface area contributed by atoms with E-state index in [4.69, 9.17) is 4.74 Å². The third kappa shape index (κ3) is 3.48. The van der Waals surface area contributed by atoms with Crippen molar-refractivity contribution in [1.29, 1.82) is 0 Å². The summed E-state index contributed by atoms with van der Waals surface area (Å²) < 4.78 is 7.67. The van der Waals surface area contributed by atoms with E-state index in [9.17, 15) is 4.79 Å². The van der Waals surface area contributed by atoms with Gasteiger partial charge < -0.3 is 10.1 Å². The lowest BCUT2D eigenvalue weighted by atomic mass is 9.92. The van der Waals surface area contributed by atoms with Gasteiger partial charge in [0.2, 0.25) is 0 Å². The third-order valence-corrected chi connectivity index (χ3v) is 4.61. The molecule has 1 aromatic carbocycles. The molecule has 27 heavy (non-hydrogen) atoms. The third-order valence-electron chi connectivity index (χ3n) is 4.61. The molecule has 0 saturated heterocycles. The zero-order chi connectivity index (χ0) is 19.0. The Bertz CT molecular complexity index is 954. The molecule has 0 bridgehead atoms. The van der Waals surface area contributed by atoms with Crippen LogP contribution in [0, 0.1) is 0 Å². The van der Waals surface area contributed by atoms with Crippen molar-refractivity contribution in [1.82, 2.24) is 25.2 Å². The van der Waals surface area contributed by atoms with Crippen LogP contribution >= 0.6 is 0 Å². The SMILES string of the molecule is CC(C)(C)c1cc(NC(=O)c2nnn3c2CO[C@H](c2ccccc2)C3)n[nH]1. The molecule has 0 saturated carbocycles. The second-order valence-electron chi connectivity index (χ2n) is 7.65. The number of carbonyl (C=O) groups is 1. The van der Waals surface area contributed by atoms with Crippen LogP contribution in [0.2, 0.25) is 0 Å². The van der Waals surface area contributed by atoms with Crippen LogP contribution in [0.1, 0.15) is 54.3 Å². The van der Waals surface area contributed by atoms with Crippen LogP contribution in [-0.2, 0) is 23.3 Å². The van der Waals surface area contributed by atoms with Crippen molar-refractivity contribution in [3.63, 3.8) is 0 Å². The molecule has 2 aromatic heterocycles. The maximum atomic E-state index is 12.6. The second-order valence-corrected chi connectivity index (χ2v) is 7.65. The monoisotopic (exact) mass is 366 g/mol. The first-order valence-corrected chi connectivity index (χ1v) is 8.88. The van der Waals surface area contributed by atoms with Gasteiger partial charge in [0.25, 0.3) is 5.91 Å². The minimum Gasteiger partial charge on any atom is -0.365 e. The summed E-state index contributed by atoms with van der Waals surface area (Å²) in [4.78, 5) is 12.6. The molecule has 0 radical (unpaired) electrons. The van der Waals surface area contributed by atoms with Crippen molar-refractivity contribution in [3.05, 3.63) is 59.0 Å². The number of nitrogens with zero attached hydrogens (tertiary/aromatic N) is 4. The second kappa shape index (κ2) is 6.62. The molecule has 4 rings (SSSR count). The number of amides is 1. The van der Waals surface area contributed by atoms with E-state index in [1.54, 1.807) is 4.68 Å². The number of hydrogen-bond donors (Lipinski definition) is 2. The number of carbonyl (C=O) groups excluding carboxylic acids is 1. The molecule has 0 fully saturated rings. The van der Waals surface area contributed by atoms with Gasteiger partial charge >= 0.3 is 0 Å². The van der Waals surface area contributed by atoms with Crippen LogP contribution in [-0.4, -0.2) is 31.1 Å². The fraction of sp³-hybridized carbons (Fsp3) is 0.368. The van der Waals surface area contributed by atoms with Gasteiger partial charge in [-0.1, -0.05) is 56.3 Å². The quantitative estimate of drug-likeness (QED) is 0.743. The van der Waals surface area contributed by atoms with Crippen LogP contribution in [0.15, 0.2) is 36.4 Å². The van der Waals surface area contributed by atoms with Crippen molar-refractivity contribution >= 4 is 11.7 Å². The highest BCUT2D eigenvalue weighted by atomic mass is 16.5. The van der Waals surface area contributed by atoms with E-state index in [0.29, 0.717) is 18.1 Å². The number of fused-ring (bicyclic) bond motifs is 1. The standard InChI is InChI=1S/C19H22N6O2/c1-19(2,3)15-9-16(22-21-15)20-18(26)17-13-11-27-14(10-25(13)24-23-17)12-7-5-4-6-8-12/h4-9,14H,10-11H2,1-3H3,(H2,20,21,22,26)/t14-/m0/s1. The van der Waals surface area contributed by atoms with Crippen molar-refractivity contribution in [2.24, 2.45) is 0 Å². The summed E-state index contributed by atoms with van der Waals surface area (Å²) in [7, 11) is 0. The first-order valence-electron chi connectivity index (χ1n) is 8.88. The van der Waals surface area contributed by atoms with Gasteiger partial charge in [0.15, 0.2) is 11.5 Å². The molecule has 140 valence electrons. The summed E-state index contributed by atoms with van der Waals surface area (Å²) in [6.07, 6.45) is -0.100. The Hall–Kier alpha value is -3.00. The maximum absolute atomic E-state index is 12.6. The van der Waals surface area contributed by atoms with E-state index in [2.05, 4.69) is 46.6 Å². The van der Waals surface area contributed by atoms with E-state index in [0.717, 1.165) is 11.3 Å². The molecule has 1 atom stereocenters. The highest BCUT2D eigenvalue weighted by molar-refractivity contribution is 6.03. The Balaban J connectivity index is 1.49. The predicted molar refractivity (Wildman–Crippen MR) is 99.2 cm³/mol. The van der Waals surface area contributed by atoms with Crippen LogP contribution in [0.25, 0.3) is 0 Å².